The molecule has 0 bridgehead atoms. The van der Waals surface area contributed by atoms with Crippen molar-refractivity contribution in [3.8, 4) is 5.75 Å². The van der Waals surface area contributed by atoms with Crippen molar-refractivity contribution in [1.29, 1.82) is 0 Å². The summed E-state index contributed by atoms with van der Waals surface area (Å²) in [5, 5.41) is 35.9. The molecule has 0 aliphatic carbocycles. The van der Waals surface area contributed by atoms with Gasteiger partial charge in [0, 0.05) is 12.3 Å². The van der Waals surface area contributed by atoms with E-state index >= 15 is 0 Å². The van der Waals surface area contributed by atoms with Crippen LogP contribution in [0.4, 0.5) is 0 Å². The Bertz CT molecular complexity index is 996. The Kier molecular flexibility index (Phi) is 8.76. The van der Waals surface area contributed by atoms with Gasteiger partial charge in [-0.1, -0.05) is 45.9 Å². The van der Waals surface area contributed by atoms with E-state index in [9.17, 15) is 24.9 Å². The first-order chi connectivity index (χ1) is 16.7. The summed E-state index contributed by atoms with van der Waals surface area (Å²) in [4.78, 5) is 26.9. The lowest BCUT2D eigenvalue weighted by molar-refractivity contribution is -0.268. The molecule has 8 heteroatoms. The molecule has 3 rings (SSSR count). The number of rotatable bonds is 2. The fraction of sp³-hybridized carbons (Fsp3) is 0.714. The summed E-state index contributed by atoms with van der Waals surface area (Å²) in [5.41, 5.74) is -0.294. The third-order valence-electron chi connectivity index (χ3n) is 8.24. The number of epoxide rings is 1. The van der Waals surface area contributed by atoms with Gasteiger partial charge < -0.3 is 24.8 Å². The summed E-state index contributed by atoms with van der Waals surface area (Å²) in [7, 11) is 0. The highest BCUT2D eigenvalue weighted by Gasteiger charge is 2.53. The quantitative estimate of drug-likeness (QED) is 0.443. The lowest BCUT2D eigenvalue weighted by atomic mass is 9.73. The minimum absolute atomic E-state index is 0.0347. The Morgan fingerprint density at radius 2 is 1.89 bits per heavy atom. The normalized spacial score (nSPS) is 36.8. The maximum atomic E-state index is 13.2. The van der Waals surface area contributed by atoms with Gasteiger partial charge in [-0.2, -0.15) is 0 Å². The summed E-state index contributed by atoms with van der Waals surface area (Å²) in [6.07, 6.45) is 1.37. The SMILES string of the molecule is C/C(=C\c1csc(C)c1[O-])[C@@H]1C[C@@H]2O[C@]2(C)CCC[C@H](C)[C@H](O)[C@@H](C)C(=O)C(C)(C)[C@@H](O)CC(=O)O1. The van der Waals surface area contributed by atoms with Crippen molar-refractivity contribution in [3.05, 3.63) is 21.4 Å². The molecule has 1 aromatic rings. The van der Waals surface area contributed by atoms with E-state index in [1.807, 2.05) is 20.8 Å². The van der Waals surface area contributed by atoms with Crippen LogP contribution >= 0.6 is 11.3 Å². The van der Waals surface area contributed by atoms with Gasteiger partial charge in [0.15, 0.2) is 0 Å². The van der Waals surface area contributed by atoms with Crippen LogP contribution in [0.15, 0.2) is 11.0 Å². The number of ether oxygens (including phenoxy) is 2. The summed E-state index contributed by atoms with van der Waals surface area (Å²) < 4.78 is 11.9. The van der Waals surface area contributed by atoms with E-state index in [-0.39, 0.29) is 35.6 Å². The number of ketones is 1. The van der Waals surface area contributed by atoms with E-state index in [0.717, 1.165) is 24.8 Å². The number of Topliss-reactive ketones (excluding diaryl/α,β-unsaturated/α-hetero) is 1. The van der Waals surface area contributed by atoms with Crippen LogP contribution in [0, 0.1) is 24.2 Å². The number of carbonyl (C=O) groups is 2. The number of hydrogen-bond donors (Lipinski definition) is 2. The lowest BCUT2D eigenvalue weighted by Crippen LogP contribution is -2.45. The molecular formula is C28H41O7S-. The topological polar surface area (TPSA) is 119 Å². The average molecular weight is 522 g/mol. The monoisotopic (exact) mass is 521 g/mol. The van der Waals surface area contributed by atoms with Gasteiger partial charge >= 0.3 is 5.97 Å². The van der Waals surface area contributed by atoms with Crippen LogP contribution in [0.1, 0.15) is 84.1 Å². The molecule has 2 fully saturated rings. The van der Waals surface area contributed by atoms with Gasteiger partial charge in [0.2, 0.25) is 0 Å². The minimum Gasteiger partial charge on any atom is -0.871 e. The van der Waals surface area contributed by atoms with Crippen LogP contribution in [0.25, 0.3) is 6.08 Å². The number of cyclic esters (lactones) is 1. The zero-order chi connectivity index (χ0) is 27.0. The molecular weight excluding hydrogens is 480 g/mol. The smallest absolute Gasteiger partial charge is 0.309 e. The van der Waals surface area contributed by atoms with Gasteiger partial charge in [0.05, 0.1) is 35.7 Å². The Balaban J connectivity index is 1.88. The first-order valence-corrected chi connectivity index (χ1v) is 13.8. The number of carbonyl (C=O) groups excluding carboxylic acids is 2. The summed E-state index contributed by atoms with van der Waals surface area (Å²) in [6.45, 7) is 12.5. The summed E-state index contributed by atoms with van der Waals surface area (Å²) >= 11 is 1.38. The molecule has 0 radical (unpaired) electrons. The van der Waals surface area contributed by atoms with Gasteiger partial charge in [0.1, 0.15) is 11.9 Å². The molecule has 0 unspecified atom stereocenters. The fourth-order valence-corrected chi connectivity index (χ4v) is 5.90. The molecule has 0 spiro atoms. The average Bonchev–Trinajstić information content (AvgIpc) is 3.34. The van der Waals surface area contributed by atoms with Crippen LogP contribution in [0.5, 0.6) is 5.75 Å². The molecule has 2 saturated heterocycles. The number of aliphatic hydroxyl groups excluding tert-OH is 2. The number of fused-ring (bicyclic) bond motifs is 1. The molecule has 36 heavy (non-hydrogen) atoms. The molecule has 2 N–H and O–H groups in total. The maximum Gasteiger partial charge on any atom is 0.309 e. The zero-order valence-electron chi connectivity index (χ0n) is 22.5. The Morgan fingerprint density at radius 3 is 2.50 bits per heavy atom. The zero-order valence-corrected chi connectivity index (χ0v) is 23.3. The third kappa shape index (κ3) is 6.21. The molecule has 202 valence electrons. The number of aliphatic hydroxyl groups is 2. The second kappa shape index (κ2) is 10.9. The van der Waals surface area contributed by atoms with Crippen molar-refractivity contribution in [1.82, 2.24) is 0 Å². The van der Waals surface area contributed by atoms with Crippen LogP contribution in [0.3, 0.4) is 0 Å². The van der Waals surface area contributed by atoms with Crippen LogP contribution in [-0.4, -0.2) is 52.0 Å². The predicted octanol–water partition coefficient (Wildman–Crippen LogP) is 4.16. The molecule has 0 aromatic carbocycles. The van der Waals surface area contributed by atoms with E-state index < -0.39 is 35.6 Å². The van der Waals surface area contributed by atoms with Crippen LogP contribution < -0.4 is 5.11 Å². The van der Waals surface area contributed by atoms with Gasteiger partial charge in [-0.15, -0.1) is 11.3 Å². The second-order valence-corrected chi connectivity index (χ2v) is 12.6. The van der Waals surface area contributed by atoms with Crippen molar-refractivity contribution >= 4 is 29.2 Å². The maximum absolute atomic E-state index is 13.2. The summed E-state index contributed by atoms with van der Waals surface area (Å²) in [6, 6.07) is 0. The van der Waals surface area contributed by atoms with Crippen molar-refractivity contribution in [3.63, 3.8) is 0 Å². The number of aryl methyl sites for hydroxylation is 1. The highest BCUT2D eigenvalue weighted by Crippen LogP contribution is 2.45. The largest absolute Gasteiger partial charge is 0.871 e. The van der Waals surface area contributed by atoms with E-state index in [1.54, 1.807) is 39.2 Å². The van der Waals surface area contributed by atoms with Gasteiger partial charge in [-0.05, 0) is 60.9 Å². The molecule has 2 aliphatic heterocycles. The lowest BCUT2D eigenvalue weighted by Gasteiger charge is -2.34. The third-order valence-corrected chi connectivity index (χ3v) is 9.15. The summed E-state index contributed by atoms with van der Waals surface area (Å²) in [5.74, 6) is -1.71. The highest BCUT2D eigenvalue weighted by molar-refractivity contribution is 7.10. The standard InChI is InChI=1S/C28H42O7S/c1-15-9-8-10-28(7)22(35-28)12-20(16(2)11-19-14-36-18(4)25(19)32)34-23(30)13-21(29)27(5,6)26(33)17(3)24(15)31/h11,14-15,17,20-22,24,29,31-32H,8-10,12-13H2,1-7H3/p-1/b16-11+/t15-,17+,20-,21-,22-,24-,28+/m0/s1. The van der Waals surface area contributed by atoms with E-state index in [0.29, 0.717) is 16.9 Å². The highest BCUT2D eigenvalue weighted by atomic mass is 32.1. The van der Waals surface area contributed by atoms with E-state index in [4.69, 9.17) is 9.47 Å². The Hall–Kier alpha value is -1.74. The molecule has 0 amide bonds. The van der Waals surface area contributed by atoms with Crippen LogP contribution in [-0.2, 0) is 19.1 Å². The molecule has 2 aliphatic rings. The molecule has 7 atom stereocenters. The van der Waals surface area contributed by atoms with Crippen molar-refractivity contribution in [2.24, 2.45) is 17.3 Å². The molecule has 7 nitrogen and oxygen atoms in total. The van der Waals surface area contributed by atoms with E-state index in [2.05, 4.69) is 0 Å². The molecule has 3 heterocycles. The molecule has 0 saturated carbocycles. The van der Waals surface area contributed by atoms with Crippen molar-refractivity contribution in [2.75, 3.05) is 0 Å². The Labute approximate surface area is 218 Å². The fourth-order valence-electron chi connectivity index (χ4n) is 5.19. The number of thiophene rings is 1. The molecule has 1 aromatic heterocycles. The van der Waals surface area contributed by atoms with Crippen molar-refractivity contribution < 1.29 is 34.4 Å². The van der Waals surface area contributed by atoms with Crippen LogP contribution in [0.2, 0.25) is 0 Å². The van der Waals surface area contributed by atoms with Gasteiger partial charge in [0.25, 0.3) is 0 Å². The number of hydrogen-bond acceptors (Lipinski definition) is 8. The first-order valence-electron chi connectivity index (χ1n) is 12.9. The number of esters is 1. The van der Waals surface area contributed by atoms with Crippen molar-refractivity contribution in [2.45, 2.75) is 111 Å². The predicted molar refractivity (Wildman–Crippen MR) is 138 cm³/mol. The van der Waals surface area contributed by atoms with E-state index in [1.165, 1.54) is 11.3 Å². The Morgan fingerprint density at radius 1 is 1.22 bits per heavy atom. The van der Waals surface area contributed by atoms with Gasteiger partial charge in [-0.3, -0.25) is 9.59 Å². The minimum atomic E-state index is -1.27. The second-order valence-electron chi connectivity index (χ2n) is 11.6. The first kappa shape index (κ1) is 28.8. The van der Waals surface area contributed by atoms with Gasteiger partial charge in [-0.25, -0.2) is 0 Å².